The summed E-state index contributed by atoms with van der Waals surface area (Å²) < 4.78 is 63.3. The first-order chi connectivity index (χ1) is 13.1. The van der Waals surface area contributed by atoms with Crippen molar-refractivity contribution in [2.45, 2.75) is 11.1 Å². The highest BCUT2D eigenvalue weighted by Crippen LogP contribution is 2.34. The fraction of sp³-hybridized carbons (Fsp3) is 0.0588. The molecule has 0 fully saturated rings. The maximum atomic E-state index is 13.2. The third kappa shape index (κ3) is 3.89. The van der Waals surface area contributed by atoms with Crippen LogP contribution in [0.4, 0.5) is 24.7 Å². The second-order valence-corrected chi connectivity index (χ2v) is 7.21. The van der Waals surface area contributed by atoms with Crippen molar-refractivity contribution in [3.05, 3.63) is 66.4 Å². The summed E-state index contributed by atoms with van der Waals surface area (Å²) in [7, 11) is -3.97. The highest BCUT2D eigenvalue weighted by molar-refractivity contribution is 7.89. The van der Waals surface area contributed by atoms with Gasteiger partial charge in [0.05, 0.1) is 16.3 Å². The van der Waals surface area contributed by atoms with Gasteiger partial charge in [-0.1, -0.05) is 18.2 Å². The summed E-state index contributed by atoms with van der Waals surface area (Å²) in [5.74, 6) is -0.170. The van der Waals surface area contributed by atoms with E-state index >= 15 is 0 Å². The summed E-state index contributed by atoms with van der Waals surface area (Å²) in [5, 5.41) is 8.58. The van der Waals surface area contributed by atoms with E-state index in [0.29, 0.717) is 12.1 Å². The Bertz CT molecular complexity index is 1090. The zero-order chi connectivity index (χ0) is 20.5. The van der Waals surface area contributed by atoms with Crippen molar-refractivity contribution in [2.75, 3.05) is 4.90 Å². The Hall–Kier alpha value is -3.18. The molecule has 28 heavy (non-hydrogen) atoms. The number of aromatic nitrogens is 2. The number of amides is 1. The number of halogens is 3. The molecule has 1 heterocycles. The van der Waals surface area contributed by atoms with E-state index in [0.717, 1.165) is 27.8 Å². The van der Waals surface area contributed by atoms with Crippen LogP contribution >= 0.6 is 0 Å². The van der Waals surface area contributed by atoms with Crippen LogP contribution in [0.5, 0.6) is 0 Å². The third-order valence-electron chi connectivity index (χ3n) is 3.78. The number of anilines is 2. The van der Waals surface area contributed by atoms with Crippen LogP contribution in [0.3, 0.4) is 0 Å². The van der Waals surface area contributed by atoms with Crippen LogP contribution < -0.4 is 10.0 Å². The summed E-state index contributed by atoms with van der Waals surface area (Å²) in [5.41, 5.74) is -0.769. The van der Waals surface area contributed by atoms with E-state index < -0.39 is 21.9 Å². The largest absolute Gasteiger partial charge is 0.435 e. The molecule has 7 nitrogen and oxygen atoms in total. The zero-order valence-electron chi connectivity index (χ0n) is 14.0. The first-order valence-electron chi connectivity index (χ1n) is 7.71. The molecule has 0 saturated carbocycles. The van der Waals surface area contributed by atoms with Gasteiger partial charge in [-0.05, 0) is 36.4 Å². The minimum Gasteiger partial charge on any atom is -0.278 e. The molecule has 0 spiro atoms. The second kappa shape index (κ2) is 7.09. The maximum Gasteiger partial charge on any atom is 0.435 e. The molecule has 2 aromatic carbocycles. The molecular weight excluding hydrogens is 397 g/mol. The number of sulfonamides is 1. The Morgan fingerprint density at radius 1 is 1.04 bits per heavy atom. The summed E-state index contributed by atoms with van der Waals surface area (Å²) in [6, 6.07) is 13.5. The molecule has 0 aliphatic heterocycles. The monoisotopic (exact) mass is 410 g/mol. The Morgan fingerprint density at radius 2 is 1.64 bits per heavy atom. The molecular formula is C17H13F3N4O3S. The standard InChI is InChI=1S/C17H13F3N4O3S/c18-17(19,20)15-10-16(23(11-25)12-4-2-1-3-5-12)24(22-15)13-6-8-14(9-7-13)28(21,26)27/h1-11H,(H2,21,26,27). The molecule has 3 rings (SSSR count). The van der Waals surface area contributed by atoms with Gasteiger partial charge in [0.25, 0.3) is 0 Å². The van der Waals surface area contributed by atoms with Crippen LogP contribution in [-0.4, -0.2) is 24.6 Å². The van der Waals surface area contributed by atoms with E-state index in [9.17, 15) is 26.4 Å². The van der Waals surface area contributed by atoms with Crippen LogP contribution in [0.15, 0.2) is 65.6 Å². The summed E-state index contributed by atoms with van der Waals surface area (Å²) >= 11 is 0. The van der Waals surface area contributed by atoms with Gasteiger partial charge in [0.15, 0.2) is 5.69 Å². The number of nitrogens with two attached hydrogens (primary N) is 1. The van der Waals surface area contributed by atoms with Gasteiger partial charge in [0, 0.05) is 6.07 Å². The topological polar surface area (TPSA) is 98.3 Å². The average molecular weight is 410 g/mol. The minimum atomic E-state index is -4.74. The van der Waals surface area contributed by atoms with Crippen molar-refractivity contribution in [1.82, 2.24) is 9.78 Å². The Kier molecular flexibility index (Phi) is 4.96. The van der Waals surface area contributed by atoms with Crippen LogP contribution in [0.2, 0.25) is 0 Å². The number of hydrogen-bond donors (Lipinski definition) is 1. The number of para-hydroxylation sites is 1. The average Bonchev–Trinajstić information content (AvgIpc) is 3.08. The van der Waals surface area contributed by atoms with Gasteiger partial charge in [-0.15, -0.1) is 0 Å². The van der Waals surface area contributed by atoms with E-state index in [2.05, 4.69) is 5.10 Å². The van der Waals surface area contributed by atoms with Gasteiger partial charge in [-0.25, -0.2) is 18.2 Å². The van der Waals surface area contributed by atoms with E-state index in [1.54, 1.807) is 30.3 Å². The number of alkyl halides is 3. The lowest BCUT2D eigenvalue weighted by Gasteiger charge is -2.18. The lowest BCUT2D eigenvalue weighted by atomic mass is 10.3. The first kappa shape index (κ1) is 19.6. The molecule has 3 aromatic rings. The summed E-state index contributed by atoms with van der Waals surface area (Å²) in [6.07, 6.45) is -4.38. The number of hydrogen-bond acceptors (Lipinski definition) is 4. The molecule has 0 radical (unpaired) electrons. The molecule has 0 aliphatic carbocycles. The highest BCUT2D eigenvalue weighted by atomic mass is 32.2. The fourth-order valence-electron chi connectivity index (χ4n) is 2.48. The second-order valence-electron chi connectivity index (χ2n) is 5.65. The molecule has 0 bridgehead atoms. The SMILES string of the molecule is NS(=O)(=O)c1ccc(-n2nc(C(F)(F)F)cc2N(C=O)c2ccccc2)cc1. The first-order valence-corrected chi connectivity index (χ1v) is 9.26. The molecule has 146 valence electrons. The van der Waals surface area contributed by atoms with E-state index in [1.807, 2.05) is 0 Å². The molecule has 1 amide bonds. The molecule has 0 unspecified atom stereocenters. The van der Waals surface area contributed by atoms with Crippen molar-refractivity contribution < 1.29 is 26.4 Å². The van der Waals surface area contributed by atoms with Crippen molar-refractivity contribution in [1.29, 1.82) is 0 Å². The van der Waals surface area contributed by atoms with Gasteiger partial charge >= 0.3 is 6.18 Å². The Morgan fingerprint density at radius 3 is 2.14 bits per heavy atom. The van der Waals surface area contributed by atoms with Crippen LogP contribution in [0.1, 0.15) is 5.69 Å². The van der Waals surface area contributed by atoms with Crippen molar-refractivity contribution in [3.8, 4) is 5.69 Å². The molecule has 0 saturated heterocycles. The smallest absolute Gasteiger partial charge is 0.278 e. The van der Waals surface area contributed by atoms with Crippen molar-refractivity contribution in [3.63, 3.8) is 0 Å². The molecule has 0 aliphatic rings. The number of nitrogens with zero attached hydrogens (tertiary/aromatic N) is 3. The molecule has 1 aromatic heterocycles. The van der Waals surface area contributed by atoms with Crippen molar-refractivity contribution in [2.24, 2.45) is 5.14 Å². The summed E-state index contributed by atoms with van der Waals surface area (Å²) in [6.45, 7) is 0. The predicted molar refractivity (Wildman–Crippen MR) is 94.6 cm³/mol. The van der Waals surface area contributed by atoms with Gasteiger partial charge in [0.1, 0.15) is 5.82 Å². The summed E-state index contributed by atoms with van der Waals surface area (Å²) in [4.78, 5) is 12.4. The van der Waals surface area contributed by atoms with E-state index in [1.165, 1.54) is 12.1 Å². The highest BCUT2D eigenvalue weighted by Gasteiger charge is 2.36. The number of rotatable bonds is 5. The number of primary sulfonamides is 1. The van der Waals surface area contributed by atoms with Crippen LogP contribution in [0.25, 0.3) is 5.69 Å². The lowest BCUT2D eigenvalue weighted by Crippen LogP contribution is -2.18. The van der Waals surface area contributed by atoms with Crippen LogP contribution in [-0.2, 0) is 21.0 Å². The Balaban J connectivity index is 2.17. The van der Waals surface area contributed by atoms with Gasteiger partial charge in [-0.3, -0.25) is 9.69 Å². The van der Waals surface area contributed by atoms with Gasteiger partial charge in [-0.2, -0.15) is 18.3 Å². The normalized spacial score (nSPS) is 12.0. The quantitative estimate of drug-likeness (QED) is 0.654. The lowest BCUT2D eigenvalue weighted by molar-refractivity contribution is -0.141. The van der Waals surface area contributed by atoms with Gasteiger partial charge in [0.2, 0.25) is 16.4 Å². The number of carbonyl (C=O) groups excluding carboxylic acids is 1. The molecule has 2 N–H and O–H groups in total. The van der Waals surface area contributed by atoms with Crippen molar-refractivity contribution >= 4 is 27.9 Å². The number of carbonyl (C=O) groups is 1. The third-order valence-corrected chi connectivity index (χ3v) is 4.71. The van der Waals surface area contributed by atoms with E-state index in [-0.39, 0.29) is 16.4 Å². The van der Waals surface area contributed by atoms with E-state index in [4.69, 9.17) is 5.14 Å². The Labute approximate surface area is 157 Å². The minimum absolute atomic E-state index is 0.112. The predicted octanol–water partition coefficient (Wildman–Crippen LogP) is 2.83. The zero-order valence-corrected chi connectivity index (χ0v) is 14.9. The molecule has 0 atom stereocenters. The fourth-order valence-corrected chi connectivity index (χ4v) is 3.00. The van der Waals surface area contributed by atoms with Crippen LogP contribution in [0, 0.1) is 0 Å². The maximum absolute atomic E-state index is 13.2. The number of benzene rings is 2. The van der Waals surface area contributed by atoms with Gasteiger partial charge < -0.3 is 0 Å². The molecule has 11 heteroatoms.